The lowest BCUT2D eigenvalue weighted by Crippen LogP contribution is -2.30. The Labute approximate surface area is 129 Å². The van der Waals surface area contributed by atoms with Crippen molar-refractivity contribution in [1.29, 1.82) is 0 Å². The molecule has 23 heavy (non-hydrogen) atoms. The molecule has 1 N–H and O–H groups in total. The number of halogens is 1. The van der Waals surface area contributed by atoms with Crippen molar-refractivity contribution in [2.45, 2.75) is 6.54 Å². The standard InChI is InChI=1S/C14H12FN5O3/c15-11-3-1-10(2-4-11)12-7-13(19-23-12)22-14(21)17-5-6-20-9-16-8-18-20/h1-4,7-9H,5-6H2,(H,17,21). The SMILES string of the molecule is O=C(NCCn1cncn1)Oc1cc(-c2ccc(F)cc2)on1. The van der Waals surface area contributed by atoms with Gasteiger partial charge in [0.05, 0.1) is 12.6 Å². The van der Waals surface area contributed by atoms with Crippen molar-refractivity contribution in [1.82, 2.24) is 25.2 Å². The number of ether oxygens (including phenoxy) is 1. The fourth-order valence-electron chi connectivity index (χ4n) is 1.81. The van der Waals surface area contributed by atoms with E-state index in [4.69, 9.17) is 9.26 Å². The molecule has 0 spiro atoms. The van der Waals surface area contributed by atoms with Crippen molar-refractivity contribution in [3.63, 3.8) is 0 Å². The maximum absolute atomic E-state index is 12.9. The van der Waals surface area contributed by atoms with Gasteiger partial charge in [0, 0.05) is 12.1 Å². The van der Waals surface area contributed by atoms with Crippen molar-refractivity contribution < 1.29 is 18.4 Å². The summed E-state index contributed by atoms with van der Waals surface area (Å²) < 4.78 is 24.5. The van der Waals surface area contributed by atoms with Crippen molar-refractivity contribution in [3.8, 4) is 17.2 Å². The summed E-state index contributed by atoms with van der Waals surface area (Å²) in [5.41, 5.74) is 0.625. The number of benzene rings is 1. The maximum Gasteiger partial charge on any atom is 0.414 e. The van der Waals surface area contributed by atoms with E-state index in [9.17, 15) is 9.18 Å². The Kier molecular flexibility index (Phi) is 4.27. The minimum Gasteiger partial charge on any atom is -0.388 e. The fraction of sp³-hybridized carbons (Fsp3) is 0.143. The van der Waals surface area contributed by atoms with E-state index in [1.165, 1.54) is 36.7 Å². The molecule has 1 aromatic carbocycles. The van der Waals surface area contributed by atoms with Crippen LogP contribution in [0.1, 0.15) is 0 Å². The second kappa shape index (κ2) is 6.69. The minimum atomic E-state index is -0.663. The molecule has 0 aliphatic rings. The predicted octanol–water partition coefficient (Wildman–Crippen LogP) is 1.86. The number of rotatable bonds is 5. The van der Waals surface area contributed by atoms with Crippen molar-refractivity contribution in [3.05, 3.63) is 48.8 Å². The molecule has 3 rings (SSSR count). The molecule has 9 heteroatoms. The lowest BCUT2D eigenvalue weighted by Gasteiger charge is -2.03. The first-order chi connectivity index (χ1) is 11.2. The van der Waals surface area contributed by atoms with E-state index in [0.29, 0.717) is 24.4 Å². The number of hydrogen-bond acceptors (Lipinski definition) is 6. The quantitative estimate of drug-likeness (QED) is 0.772. The third-order valence-electron chi connectivity index (χ3n) is 2.89. The van der Waals surface area contributed by atoms with Crippen LogP contribution in [-0.2, 0) is 6.54 Å². The Hall–Kier alpha value is -3.23. The number of nitrogens with one attached hydrogen (secondary N) is 1. The van der Waals surface area contributed by atoms with Crippen LogP contribution in [0.3, 0.4) is 0 Å². The number of hydrogen-bond donors (Lipinski definition) is 1. The van der Waals surface area contributed by atoms with Crippen molar-refractivity contribution in [2.75, 3.05) is 6.54 Å². The van der Waals surface area contributed by atoms with E-state index in [1.807, 2.05) is 0 Å². The molecular formula is C14H12FN5O3. The smallest absolute Gasteiger partial charge is 0.388 e. The summed E-state index contributed by atoms with van der Waals surface area (Å²) >= 11 is 0. The highest BCUT2D eigenvalue weighted by Crippen LogP contribution is 2.23. The van der Waals surface area contributed by atoms with E-state index in [0.717, 1.165) is 0 Å². The number of nitrogens with zero attached hydrogens (tertiary/aromatic N) is 4. The zero-order valence-corrected chi connectivity index (χ0v) is 11.8. The maximum atomic E-state index is 12.9. The first-order valence-electron chi connectivity index (χ1n) is 6.71. The highest BCUT2D eigenvalue weighted by molar-refractivity contribution is 5.70. The molecule has 2 heterocycles. The lowest BCUT2D eigenvalue weighted by atomic mass is 10.2. The van der Waals surface area contributed by atoms with Gasteiger partial charge in [0.25, 0.3) is 5.88 Å². The predicted molar refractivity (Wildman–Crippen MR) is 75.9 cm³/mol. The van der Waals surface area contributed by atoms with Gasteiger partial charge in [-0.15, -0.1) is 0 Å². The fourth-order valence-corrected chi connectivity index (χ4v) is 1.81. The largest absolute Gasteiger partial charge is 0.414 e. The molecule has 0 unspecified atom stereocenters. The molecule has 8 nitrogen and oxygen atoms in total. The van der Waals surface area contributed by atoms with Crippen LogP contribution in [0.4, 0.5) is 9.18 Å². The molecule has 2 aromatic heterocycles. The second-order valence-corrected chi connectivity index (χ2v) is 4.51. The summed E-state index contributed by atoms with van der Waals surface area (Å²) in [4.78, 5) is 15.4. The summed E-state index contributed by atoms with van der Waals surface area (Å²) in [6.45, 7) is 0.791. The first kappa shape index (κ1) is 14.7. The van der Waals surface area contributed by atoms with Gasteiger partial charge in [-0.25, -0.2) is 14.2 Å². The molecule has 0 aliphatic carbocycles. The number of carbonyl (C=O) groups is 1. The van der Waals surface area contributed by atoms with Gasteiger partial charge in [-0.2, -0.15) is 5.10 Å². The van der Waals surface area contributed by atoms with E-state index < -0.39 is 6.09 Å². The van der Waals surface area contributed by atoms with Crippen LogP contribution in [0, 0.1) is 5.82 Å². The van der Waals surface area contributed by atoms with Crippen molar-refractivity contribution in [2.24, 2.45) is 0 Å². The topological polar surface area (TPSA) is 95.1 Å². The van der Waals surface area contributed by atoms with E-state index in [2.05, 4.69) is 20.6 Å². The zero-order valence-electron chi connectivity index (χ0n) is 11.8. The van der Waals surface area contributed by atoms with Gasteiger partial charge in [-0.05, 0) is 29.4 Å². The van der Waals surface area contributed by atoms with Crippen LogP contribution in [0.5, 0.6) is 5.88 Å². The molecule has 118 valence electrons. The molecule has 0 atom stereocenters. The summed E-state index contributed by atoms with van der Waals surface area (Å²) in [6, 6.07) is 7.13. The van der Waals surface area contributed by atoms with Gasteiger partial charge >= 0.3 is 6.09 Å². The first-order valence-corrected chi connectivity index (χ1v) is 6.71. The molecule has 0 radical (unpaired) electrons. The second-order valence-electron chi connectivity index (χ2n) is 4.51. The normalized spacial score (nSPS) is 10.5. The van der Waals surface area contributed by atoms with Crippen LogP contribution in [0.2, 0.25) is 0 Å². The van der Waals surface area contributed by atoms with Crippen LogP contribution >= 0.6 is 0 Å². The van der Waals surface area contributed by atoms with Crippen LogP contribution in [0.15, 0.2) is 47.5 Å². The Balaban J connectivity index is 1.52. The molecule has 0 bridgehead atoms. The average molecular weight is 317 g/mol. The zero-order chi connectivity index (χ0) is 16.1. The number of carbonyl (C=O) groups excluding carboxylic acids is 1. The molecule has 0 saturated carbocycles. The van der Waals surface area contributed by atoms with E-state index in [-0.39, 0.29) is 11.7 Å². The molecule has 3 aromatic rings. The number of amides is 1. The lowest BCUT2D eigenvalue weighted by molar-refractivity contribution is 0.195. The summed E-state index contributed by atoms with van der Waals surface area (Å²) in [5, 5.41) is 10.1. The minimum absolute atomic E-state index is 0.0163. The highest BCUT2D eigenvalue weighted by Gasteiger charge is 2.11. The Morgan fingerprint density at radius 2 is 2.17 bits per heavy atom. The van der Waals surface area contributed by atoms with E-state index in [1.54, 1.807) is 11.0 Å². The Morgan fingerprint density at radius 1 is 1.35 bits per heavy atom. The van der Waals surface area contributed by atoms with Crippen molar-refractivity contribution >= 4 is 6.09 Å². The third-order valence-corrected chi connectivity index (χ3v) is 2.89. The third kappa shape index (κ3) is 3.90. The highest BCUT2D eigenvalue weighted by atomic mass is 19.1. The summed E-state index contributed by atoms with van der Waals surface area (Å²) in [7, 11) is 0. The Bertz CT molecular complexity index is 770. The molecule has 1 amide bonds. The molecule has 0 fully saturated rings. The summed E-state index contributed by atoms with van der Waals surface area (Å²) in [5.74, 6) is 0.0366. The van der Waals surface area contributed by atoms with Gasteiger partial charge in [-0.1, -0.05) is 0 Å². The van der Waals surface area contributed by atoms with Crippen LogP contribution < -0.4 is 10.1 Å². The van der Waals surface area contributed by atoms with Gasteiger partial charge in [-0.3, -0.25) is 4.68 Å². The van der Waals surface area contributed by atoms with Gasteiger partial charge in [0.15, 0.2) is 5.76 Å². The Morgan fingerprint density at radius 3 is 2.91 bits per heavy atom. The molecule has 0 saturated heterocycles. The monoisotopic (exact) mass is 317 g/mol. The summed E-state index contributed by atoms with van der Waals surface area (Å²) in [6.07, 6.45) is 2.29. The van der Waals surface area contributed by atoms with E-state index >= 15 is 0 Å². The van der Waals surface area contributed by atoms with Gasteiger partial charge in [0.1, 0.15) is 18.5 Å². The molecule has 0 aliphatic heterocycles. The van der Waals surface area contributed by atoms with Gasteiger partial charge in [0.2, 0.25) is 0 Å². The van der Waals surface area contributed by atoms with Gasteiger partial charge < -0.3 is 14.6 Å². The average Bonchev–Trinajstić information content (AvgIpc) is 3.20. The number of aromatic nitrogens is 4. The van der Waals surface area contributed by atoms with Crippen LogP contribution in [0.25, 0.3) is 11.3 Å². The molecular weight excluding hydrogens is 305 g/mol. The van der Waals surface area contributed by atoms with Crippen LogP contribution in [-0.4, -0.2) is 32.6 Å².